The van der Waals surface area contributed by atoms with E-state index in [2.05, 4.69) is 12.1 Å². The second-order valence-corrected chi connectivity index (χ2v) is 6.43. The van der Waals surface area contributed by atoms with Gasteiger partial charge in [-0.25, -0.2) is 0 Å². The summed E-state index contributed by atoms with van der Waals surface area (Å²) in [6.45, 7) is 2.25. The normalized spacial score (nSPS) is 16.9. The SMILES string of the molecule is CCCCCCCCCCC1CC(C(=O)c2ccccc2)=NO1. The van der Waals surface area contributed by atoms with Crippen LogP contribution in [0.25, 0.3) is 0 Å². The fraction of sp³-hybridized carbons (Fsp3) is 0.600. The molecular formula is C20H29NO2. The van der Waals surface area contributed by atoms with E-state index in [0.717, 1.165) is 6.42 Å². The molecule has 1 aliphatic rings. The van der Waals surface area contributed by atoms with Gasteiger partial charge in [0.05, 0.1) is 0 Å². The lowest BCUT2D eigenvalue weighted by Crippen LogP contribution is -2.15. The molecule has 1 aromatic carbocycles. The lowest BCUT2D eigenvalue weighted by molar-refractivity contribution is 0.0769. The molecule has 1 unspecified atom stereocenters. The van der Waals surface area contributed by atoms with Crippen LogP contribution in [0.2, 0.25) is 0 Å². The highest BCUT2D eigenvalue weighted by atomic mass is 16.6. The van der Waals surface area contributed by atoms with Crippen molar-refractivity contribution in [3.63, 3.8) is 0 Å². The number of rotatable bonds is 11. The first kappa shape index (κ1) is 17.7. The summed E-state index contributed by atoms with van der Waals surface area (Å²) < 4.78 is 0. The second kappa shape index (κ2) is 10.2. The van der Waals surface area contributed by atoms with Crippen LogP contribution in [-0.2, 0) is 4.84 Å². The first-order valence-corrected chi connectivity index (χ1v) is 9.13. The third-order valence-corrected chi connectivity index (χ3v) is 4.41. The topological polar surface area (TPSA) is 38.7 Å². The Morgan fingerprint density at radius 2 is 1.70 bits per heavy atom. The molecule has 0 saturated carbocycles. The van der Waals surface area contributed by atoms with E-state index in [1.165, 1.54) is 51.4 Å². The van der Waals surface area contributed by atoms with Gasteiger partial charge in [0.25, 0.3) is 0 Å². The number of ketones is 1. The van der Waals surface area contributed by atoms with Gasteiger partial charge in [0, 0.05) is 12.0 Å². The zero-order valence-electron chi connectivity index (χ0n) is 14.3. The average Bonchev–Trinajstić information content (AvgIpc) is 3.06. The van der Waals surface area contributed by atoms with Crippen LogP contribution in [0.3, 0.4) is 0 Å². The van der Waals surface area contributed by atoms with E-state index >= 15 is 0 Å². The molecular weight excluding hydrogens is 286 g/mol. The molecule has 0 saturated heterocycles. The van der Waals surface area contributed by atoms with Gasteiger partial charge in [-0.3, -0.25) is 4.79 Å². The van der Waals surface area contributed by atoms with E-state index in [9.17, 15) is 4.79 Å². The summed E-state index contributed by atoms with van der Waals surface area (Å²) in [5, 5.41) is 4.01. The van der Waals surface area contributed by atoms with Gasteiger partial charge in [-0.1, -0.05) is 87.4 Å². The summed E-state index contributed by atoms with van der Waals surface area (Å²) in [6.07, 6.45) is 12.3. The lowest BCUT2D eigenvalue weighted by Gasteiger charge is -2.07. The van der Waals surface area contributed by atoms with Gasteiger partial charge < -0.3 is 4.84 Å². The highest BCUT2D eigenvalue weighted by molar-refractivity contribution is 6.46. The fourth-order valence-corrected chi connectivity index (χ4v) is 2.98. The summed E-state index contributed by atoms with van der Waals surface area (Å²) in [5.74, 6) is 0.00373. The third kappa shape index (κ3) is 6.17. The number of nitrogens with zero attached hydrogens (tertiary/aromatic N) is 1. The predicted octanol–water partition coefficient (Wildman–Crippen LogP) is 5.55. The average molecular weight is 315 g/mol. The predicted molar refractivity (Wildman–Crippen MR) is 94.9 cm³/mol. The summed E-state index contributed by atoms with van der Waals surface area (Å²) in [5.41, 5.74) is 1.27. The van der Waals surface area contributed by atoms with Crippen LogP contribution >= 0.6 is 0 Å². The summed E-state index contributed by atoms with van der Waals surface area (Å²) in [4.78, 5) is 17.7. The number of carbonyl (C=O) groups excluding carboxylic acids is 1. The maximum atomic E-state index is 12.3. The second-order valence-electron chi connectivity index (χ2n) is 6.43. The molecule has 1 aromatic rings. The first-order chi connectivity index (χ1) is 11.3. The molecule has 0 aliphatic carbocycles. The van der Waals surface area contributed by atoms with Crippen molar-refractivity contribution in [1.82, 2.24) is 0 Å². The molecule has 3 nitrogen and oxygen atoms in total. The Kier molecular flexibility index (Phi) is 7.85. The molecule has 1 atom stereocenters. The van der Waals surface area contributed by atoms with Crippen molar-refractivity contribution in [2.24, 2.45) is 5.16 Å². The van der Waals surface area contributed by atoms with E-state index in [4.69, 9.17) is 4.84 Å². The molecule has 126 valence electrons. The van der Waals surface area contributed by atoms with Gasteiger partial charge in [0.15, 0.2) is 0 Å². The quantitative estimate of drug-likeness (QED) is 0.397. The van der Waals surface area contributed by atoms with E-state index < -0.39 is 0 Å². The number of Topliss-reactive ketones (excluding diaryl/α,β-unsaturated/α-hetero) is 1. The van der Waals surface area contributed by atoms with Gasteiger partial charge >= 0.3 is 0 Å². The molecule has 1 heterocycles. The molecule has 0 fully saturated rings. The van der Waals surface area contributed by atoms with Crippen LogP contribution in [0.5, 0.6) is 0 Å². The zero-order chi connectivity index (χ0) is 16.3. The number of hydrogen-bond acceptors (Lipinski definition) is 3. The summed E-state index contributed by atoms with van der Waals surface area (Å²) in [6, 6.07) is 9.32. The number of unbranched alkanes of at least 4 members (excludes halogenated alkanes) is 7. The van der Waals surface area contributed by atoms with Gasteiger partial charge in [-0.2, -0.15) is 0 Å². The summed E-state index contributed by atoms with van der Waals surface area (Å²) >= 11 is 0. The fourth-order valence-electron chi connectivity index (χ4n) is 2.98. The van der Waals surface area contributed by atoms with Gasteiger partial charge in [-0.15, -0.1) is 0 Å². The molecule has 3 heteroatoms. The van der Waals surface area contributed by atoms with Crippen molar-refractivity contribution >= 4 is 11.5 Å². The van der Waals surface area contributed by atoms with E-state index in [1.54, 1.807) is 0 Å². The smallest absolute Gasteiger partial charge is 0.210 e. The molecule has 0 radical (unpaired) electrons. The highest BCUT2D eigenvalue weighted by Gasteiger charge is 2.26. The molecule has 0 amide bonds. The van der Waals surface area contributed by atoms with Crippen LogP contribution < -0.4 is 0 Å². The molecule has 0 bridgehead atoms. The zero-order valence-corrected chi connectivity index (χ0v) is 14.3. The number of carbonyl (C=O) groups is 1. The van der Waals surface area contributed by atoms with Gasteiger partial charge in [-0.05, 0) is 12.8 Å². The van der Waals surface area contributed by atoms with Crippen molar-refractivity contribution in [3.05, 3.63) is 35.9 Å². The Morgan fingerprint density at radius 3 is 2.39 bits per heavy atom. The van der Waals surface area contributed by atoms with Gasteiger partial charge in [0.2, 0.25) is 5.78 Å². The Morgan fingerprint density at radius 1 is 1.04 bits per heavy atom. The van der Waals surface area contributed by atoms with Crippen molar-refractivity contribution in [2.75, 3.05) is 0 Å². The number of benzene rings is 1. The van der Waals surface area contributed by atoms with Crippen LogP contribution in [0.4, 0.5) is 0 Å². The molecule has 23 heavy (non-hydrogen) atoms. The first-order valence-electron chi connectivity index (χ1n) is 9.13. The van der Waals surface area contributed by atoms with Crippen molar-refractivity contribution in [3.8, 4) is 0 Å². The molecule has 0 N–H and O–H groups in total. The number of hydrogen-bond donors (Lipinski definition) is 0. The van der Waals surface area contributed by atoms with Crippen LogP contribution in [-0.4, -0.2) is 17.6 Å². The van der Waals surface area contributed by atoms with Crippen LogP contribution in [0.15, 0.2) is 35.5 Å². The standard InChI is InChI=1S/C20H29NO2/c1-2-3-4-5-6-7-8-12-15-18-16-19(21-23-18)20(22)17-13-10-9-11-14-17/h9-11,13-14,18H,2-8,12,15-16H2,1H3. The Hall–Kier alpha value is -1.64. The summed E-state index contributed by atoms with van der Waals surface area (Å²) in [7, 11) is 0. The Bertz CT molecular complexity index is 496. The van der Waals surface area contributed by atoms with Crippen molar-refractivity contribution in [2.45, 2.75) is 77.2 Å². The van der Waals surface area contributed by atoms with E-state index in [1.807, 2.05) is 30.3 Å². The van der Waals surface area contributed by atoms with E-state index in [-0.39, 0.29) is 11.9 Å². The Labute approximate surface area is 140 Å². The molecule has 0 aromatic heterocycles. The van der Waals surface area contributed by atoms with Crippen molar-refractivity contribution in [1.29, 1.82) is 0 Å². The van der Waals surface area contributed by atoms with Crippen LogP contribution in [0.1, 0.15) is 81.5 Å². The minimum Gasteiger partial charge on any atom is -0.392 e. The van der Waals surface area contributed by atoms with Crippen molar-refractivity contribution < 1.29 is 9.63 Å². The van der Waals surface area contributed by atoms with E-state index in [0.29, 0.717) is 17.7 Å². The minimum absolute atomic E-state index is 0.00373. The third-order valence-electron chi connectivity index (χ3n) is 4.41. The largest absolute Gasteiger partial charge is 0.392 e. The molecule has 0 spiro atoms. The van der Waals surface area contributed by atoms with Crippen LogP contribution in [0, 0.1) is 0 Å². The molecule has 2 rings (SSSR count). The van der Waals surface area contributed by atoms with Gasteiger partial charge in [0.1, 0.15) is 11.8 Å². The minimum atomic E-state index is 0.00373. The Balaban J connectivity index is 1.57. The maximum absolute atomic E-state index is 12.3. The number of oxime groups is 1. The highest BCUT2D eigenvalue weighted by Crippen LogP contribution is 2.20. The monoisotopic (exact) mass is 315 g/mol. The maximum Gasteiger partial charge on any atom is 0.210 e. The lowest BCUT2D eigenvalue weighted by atomic mass is 10.00. The molecule has 1 aliphatic heterocycles.